The van der Waals surface area contributed by atoms with Crippen LogP contribution in [0.5, 0.6) is 17.2 Å². The van der Waals surface area contributed by atoms with Crippen molar-refractivity contribution >= 4 is 5.78 Å². The van der Waals surface area contributed by atoms with Crippen LogP contribution in [0.3, 0.4) is 0 Å². The predicted octanol–water partition coefficient (Wildman–Crippen LogP) is 4.55. The highest BCUT2D eigenvalue weighted by Gasteiger charge is 2.21. The molecule has 0 fully saturated rings. The smallest absolute Gasteiger partial charge is 0.197 e. The zero-order chi connectivity index (χ0) is 17.5. The van der Waals surface area contributed by atoms with Gasteiger partial charge in [-0.2, -0.15) is 0 Å². The van der Waals surface area contributed by atoms with Crippen LogP contribution in [0, 0.1) is 0 Å². The first-order valence-corrected chi connectivity index (χ1v) is 8.42. The summed E-state index contributed by atoms with van der Waals surface area (Å²) in [6.07, 6.45) is 5.69. The van der Waals surface area contributed by atoms with E-state index < -0.39 is 17.3 Å². The van der Waals surface area contributed by atoms with E-state index in [4.69, 9.17) is 0 Å². The van der Waals surface area contributed by atoms with Crippen LogP contribution in [0.1, 0.15) is 60.5 Å². The van der Waals surface area contributed by atoms with Gasteiger partial charge in [0.25, 0.3) is 0 Å². The molecule has 0 atom stereocenters. The highest BCUT2D eigenvalue weighted by molar-refractivity contribution is 6.11. The van der Waals surface area contributed by atoms with Crippen LogP contribution in [-0.2, 0) is 6.42 Å². The number of hydrogen-bond acceptors (Lipinski definition) is 4. The van der Waals surface area contributed by atoms with Gasteiger partial charge in [-0.3, -0.25) is 4.79 Å². The minimum absolute atomic E-state index is 0.0917. The summed E-state index contributed by atoms with van der Waals surface area (Å²) in [4.78, 5) is 12.4. The van der Waals surface area contributed by atoms with Gasteiger partial charge in [0.15, 0.2) is 17.3 Å². The van der Waals surface area contributed by atoms with Gasteiger partial charge in [0.1, 0.15) is 5.75 Å². The molecule has 2 rings (SSSR count). The Bertz CT molecular complexity index is 693. The topological polar surface area (TPSA) is 77.8 Å². The molecule has 0 unspecified atom stereocenters. The number of carbonyl (C=O) groups is 1. The van der Waals surface area contributed by atoms with Gasteiger partial charge in [-0.1, -0.05) is 62.9 Å². The molecule has 4 heteroatoms. The first-order chi connectivity index (χ1) is 11.6. The molecule has 3 N–H and O–H groups in total. The van der Waals surface area contributed by atoms with Gasteiger partial charge in [-0.25, -0.2) is 0 Å². The molecular formula is C20H24O4. The van der Waals surface area contributed by atoms with Crippen molar-refractivity contribution in [2.24, 2.45) is 0 Å². The Morgan fingerprint density at radius 3 is 2.25 bits per heavy atom. The lowest BCUT2D eigenvalue weighted by Crippen LogP contribution is -2.03. The fraction of sp³-hybridized carbons (Fsp3) is 0.350. The standard InChI is InChI=1S/C20H24O4/c1-2-3-4-5-9-12-15-17(21)13-16(20(24)19(15)23)18(22)14-10-7-6-8-11-14/h6-8,10-11,13,21,23-24H,2-5,9,12H2,1H3. The first kappa shape index (κ1) is 17.9. The van der Waals surface area contributed by atoms with E-state index in [0.29, 0.717) is 17.5 Å². The van der Waals surface area contributed by atoms with Crippen molar-refractivity contribution in [3.63, 3.8) is 0 Å². The van der Waals surface area contributed by atoms with E-state index in [0.717, 1.165) is 32.1 Å². The van der Waals surface area contributed by atoms with Gasteiger partial charge in [-0.15, -0.1) is 0 Å². The van der Waals surface area contributed by atoms with Gasteiger partial charge < -0.3 is 15.3 Å². The fourth-order valence-electron chi connectivity index (χ4n) is 2.75. The summed E-state index contributed by atoms with van der Waals surface area (Å²) in [5.74, 6) is -1.46. The molecule has 0 saturated carbocycles. The van der Waals surface area contributed by atoms with Crippen LogP contribution in [0.4, 0.5) is 0 Å². The maximum Gasteiger partial charge on any atom is 0.197 e. The molecule has 0 radical (unpaired) electrons. The van der Waals surface area contributed by atoms with Gasteiger partial charge in [0.05, 0.1) is 5.56 Å². The highest BCUT2D eigenvalue weighted by atomic mass is 16.3. The molecule has 24 heavy (non-hydrogen) atoms. The summed E-state index contributed by atoms with van der Waals surface area (Å²) < 4.78 is 0. The summed E-state index contributed by atoms with van der Waals surface area (Å²) in [6.45, 7) is 2.14. The van der Waals surface area contributed by atoms with Crippen LogP contribution >= 0.6 is 0 Å². The summed E-state index contributed by atoms with van der Waals surface area (Å²) in [5, 5.41) is 30.6. The van der Waals surface area contributed by atoms with Crippen molar-refractivity contribution in [2.45, 2.75) is 45.4 Å². The summed E-state index contributed by atoms with van der Waals surface area (Å²) in [6, 6.07) is 9.71. The Kier molecular flexibility index (Phi) is 6.24. The Labute approximate surface area is 142 Å². The maximum atomic E-state index is 12.4. The number of ketones is 1. The fourth-order valence-corrected chi connectivity index (χ4v) is 2.75. The highest BCUT2D eigenvalue weighted by Crippen LogP contribution is 2.40. The lowest BCUT2D eigenvalue weighted by atomic mass is 9.97. The number of rotatable bonds is 8. The Morgan fingerprint density at radius 2 is 1.58 bits per heavy atom. The molecular weight excluding hydrogens is 304 g/mol. The molecule has 0 aliphatic rings. The molecule has 0 saturated heterocycles. The molecule has 0 bridgehead atoms. The summed E-state index contributed by atoms with van der Waals surface area (Å²) in [5.41, 5.74) is 0.596. The van der Waals surface area contributed by atoms with E-state index in [9.17, 15) is 20.1 Å². The quantitative estimate of drug-likeness (QED) is 0.287. The van der Waals surface area contributed by atoms with Crippen molar-refractivity contribution in [3.05, 3.63) is 53.1 Å². The van der Waals surface area contributed by atoms with Crippen LogP contribution in [-0.4, -0.2) is 21.1 Å². The number of benzene rings is 2. The monoisotopic (exact) mass is 328 g/mol. The zero-order valence-electron chi connectivity index (χ0n) is 14.0. The molecule has 4 nitrogen and oxygen atoms in total. The Hall–Kier alpha value is -2.49. The maximum absolute atomic E-state index is 12.4. The molecule has 0 aromatic heterocycles. The van der Waals surface area contributed by atoms with E-state index >= 15 is 0 Å². The minimum atomic E-state index is -0.467. The lowest BCUT2D eigenvalue weighted by Gasteiger charge is -2.12. The minimum Gasteiger partial charge on any atom is -0.508 e. The molecule has 0 heterocycles. The second kappa shape index (κ2) is 8.39. The van der Waals surface area contributed by atoms with Crippen molar-refractivity contribution in [1.82, 2.24) is 0 Å². The number of phenolic OH excluding ortho intramolecular Hbond substituents is 3. The second-order valence-corrected chi connectivity index (χ2v) is 5.98. The van der Waals surface area contributed by atoms with Crippen LogP contribution in [0.2, 0.25) is 0 Å². The average molecular weight is 328 g/mol. The van der Waals surface area contributed by atoms with Crippen molar-refractivity contribution < 1.29 is 20.1 Å². The van der Waals surface area contributed by atoms with Gasteiger partial charge in [0.2, 0.25) is 0 Å². The number of hydrogen-bond donors (Lipinski definition) is 3. The number of phenols is 3. The van der Waals surface area contributed by atoms with E-state index in [1.54, 1.807) is 30.3 Å². The summed E-state index contributed by atoms with van der Waals surface area (Å²) in [7, 11) is 0. The van der Waals surface area contributed by atoms with Gasteiger partial charge in [-0.05, 0) is 18.9 Å². The molecule has 0 aliphatic carbocycles. The Morgan fingerprint density at radius 1 is 0.917 bits per heavy atom. The van der Waals surface area contributed by atoms with Crippen molar-refractivity contribution in [3.8, 4) is 17.2 Å². The molecule has 0 amide bonds. The second-order valence-electron chi connectivity index (χ2n) is 5.98. The predicted molar refractivity (Wildman–Crippen MR) is 93.8 cm³/mol. The molecule has 2 aromatic rings. The lowest BCUT2D eigenvalue weighted by molar-refractivity contribution is 0.103. The van der Waals surface area contributed by atoms with Crippen LogP contribution < -0.4 is 0 Å². The van der Waals surface area contributed by atoms with Crippen molar-refractivity contribution in [1.29, 1.82) is 0 Å². The number of unbranched alkanes of at least 4 members (excludes halogenated alkanes) is 4. The third kappa shape index (κ3) is 4.07. The third-order valence-electron chi connectivity index (χ3n) is 4.17. The number of carbonyl (C=O) groups excluding carboxylic acids is 1. The average Bonchev–Trinajstić information content (AvgIpc) is 2.60. The van der Waals surface area contributed by atoms with E-state index in [-0.39, 0.29) is 11.3 Å². The SMILES string of the molecule is CCCCCCCc1c(O)cc(C(=O)c2ccccc2)c(O)c1O. The van der Waals surface area contributed by atoms with Gasteiger partial charge >= 0.3 is 0 Å². The molecule has 128 valence electrons. The Balaban J connectivity index is 2.20. The number of aromatic hydroxyl groups is 3. The van der Waals surface area contributed by atoms with Crippen LogP contribution in [0.15, 0.2) is 36.4 Å². The zero-order valence-corrected chi connectivity index (χ0v) is 14.0. The summed E-state index contributed by atoms with van der Waals surface area (Å²) >= 11 is 0. The largest absolute Gasteiger partial charge is 0.508 e. The van der Waals surface area contributed by atoms with E-state index in [1.165, 1.54) is 6.07 Å². The van der Waals surface area contributed by atoms with Gasteiger partial charge in [0, 0.05) is 11.1 Å². The van der Waals surface area contributed by atoms with E-state index in [2.05, 4.69) is 6.92 Å². The van der Waals surface area contributed by atoms with Crippen LogP contribution in [0.25, 0.3) is 0 Å². The normalized spacial score (nSPS) is 10.7. The molecule has 2 aromatic carbocycles. The first-order valence-electron chi connectivity index (χ1n) is 8.42. The molecule has 0 spiro atoms. The van der Waals surface area contributed by atoms with Crippen molar-refractivity contribution in [2.75, 3.05) is 0 Å². The van der Waals surface area contributed by atoms with E-state index in [1.807, 2.05) is 0 Å². The third-order valence-corrected chi connectivity index (χ3v) is 4.17. The molecule has 0 aliphatic heterocycles.